The van der Waals surface area contributed by atoms with Gasteiger partial charge in [0.2, 0.25) is 5.88 Å². The highest BCUT2D eigenvalue weighted by Gasteiger charge is 2.70. The van der Waals surface area contributed by atoms with E-state index in [0.717, 1.165) is 62.6 Å². The number of fused-ring (bicyclic) bond motifs is 7. The number of carbonyl (C=O) groups excluding carboxylic acids is 2. The molecule has 5 aliphatic carbocycles. The maximum Gasteiger partial charge on any atom is 0.309 e. The summed E-state index contributed by atoms with van der Waals surface area (Å²) in [6.07, 6.45) is 9.33. The minimum Gasteiger partial charge on any atom is -0.481 e. The summed E-state index contributed by atoms with van der Waals surface area (Å²) in [6.45, 7) is 21.6. The first-order valence-electron chi connectivity index (χ1n) is 21.0. The van der Waals surface area contributed by atoms with Crippen LogP contribution in [-0.2, 0) is 31.6 Å². The molecule has 7 rings (SSSR count). The molecule has 2 aromatic heterocycles. The fourth-order valence-corrected chi connectivity index (χ4v) is 14.0. The van der Waals surface area contributed by atoms with Gasteiger partial charge in [-0.2, -0.15) is 0 Å². The van der Waals surface area contributed by atoms with Crippen molar-refractivity contribution in [2.24, 2.45) is 57.8 Å². The molecule has 10 nitrogen and oxygen atoms in total. The third-order valence-corrected chi connectivity index (χ3v) is 16.9. The summed E-state index contributed by atoms with van der Waals surface area (Å²) in [6, 6.07) is 3.63. The van der Waals surface area contributed by atoms with Gasteiger partial charge in [0.25, 0.3) is 5.56 Å². The first-order valence-corrected chi connectivity index (χ1v) is 21.0. The van der Waals surface area contributed by atoms with Gasteiger partial charge in [-0.1, -0.05) is 48.5 Å². The van der Waals surface area contributed by atoms with Gasteiger partial charge in [-0.25, -0.2) is 9.67 Å². The van der Waals surface area contributed by atoms with Gasteiger partial charge in [0, 0.05) is 35.9 Å². The van der Waals surface area contributed by atoms with E-state index in [1.165, 1.54) is 5.57 Å². The number of carboxylic acids is 1. The number of carbonyl (C=O) groups is 3. The van der Waals surface area contributed by atoms with Crippen molar-refractivity contribution in [3.8, 4) is 11.6 Å². The normalized spacial score (nSPS) is 35.1. The molecule has 2 aromatic rings. The van der Waals surface area contributed by atoms with E-state index in [-0.39, 0.29) is 57.4 Å². The number of aliphatic carboxylic acids is 1. The summed E-state index contributed by atoms with van der Waals surface area (Å²) < 4.78 is 15.2. The second-order valence-electron chi connectivity index (χ2n) is 20.7. The summed E-state index contributed by atoms with van der Waals surface area (Å²) in [7, 11) is 3.54. The Balaban J connectivity index is 1.25. The Morgan fingerprint density at radius 3 is 2.27 bits per heavy atom. The van der Waals surface area contributed by atoms with Crippen molar-refractivity contribution in [1.82, 2.24) is 14.3 Å². The third-order valence-electron chi connectivity index (χ3n) is 16.9. The van der Waals surface area contributed by atoms with E-state index < -0.39 is 22.8 Å². The van der Waals surface area contributed by atoms with Crippen LogP contribution in [0.25, 0.3) is 5.69 Å². The van der Waals surface area contributed by atoms with Crippen molar-refractivity contribution in [2.45, 2.75) is 145 Å². The smallest absolute Gasteiger partial charge is 0.309 e. The van der Waals surface area contributed by atoms with Gasteiger partial charge in [-0.15, -0.1) is 0 Å². The molecule has 0 spiro atoms. The molecule has 3 unspecified atom stereocenters. The molecule has 0 bridgehead atoms. The maximum absolute atomic E-state index is 14.4. The zero-order valence-corrected chi connectivity index (χ0v) is 35.9. The lowest BCUT2D eigenvalue weighted by atomic mass is 9.33. The Kier molecular flexibility index (Phi) is 9.52. The van der Waals surface area contributed by atoms with Crippen molar-refractivity contribution in [2.75, 3.05) is 7.11 Å². The van der Waals surface area contributed by atoms with Crippen LogP contribution in [-0.4, -0.2) is 50.4 Å². The lowest BCUT2D eigenvalue weighted by Crippen LogP contribution is -2.66. The fourth-order valence-electron chi connectivity index (χ4n) is 14.0. The van der Waals surface area contributed by atoms with Crippen molar-refractivity contribution in [3.05, 3.63) is 51.1 Å². The van der Waals surface area contributed by atoms with E-state index in [2.05, 4.69) is 53.5 Å². The van der Waals surface area contributed by atoms with E-state index in [4.69, 9.17) is 9.47 Å². The molecule has 5 aliphatic rings. The van der Waals surface area contributed by atoms with Crippen LogP contribution in [0.3, 0.4) is 0 Å². The number of carboxylic acid groups (broad SMARTS) is 1. The standard InChI is InChI=1S/C46H65N3O7/c1-26(2)36-30(50)23-46(38-27(3)39(52)49(48(38)11)28-13-16-34(55-12)47-25-28)22-21-44(9)29(37(36)46)14-15-32-43(8)19-18-33(56-35(51)24-41(4,5)40(53)54)42(6,7)31(43)17-20-45(32,44)10/h13,16,25-26,29,31-33H,14-15,17-24H2,1-12H3,(H,53,54)/t29?,31-,32+,33?,43-,44+,45?,46+/m0/s1. The quantitative estimate of drug-likeness (QED) is 0.265. The number of pyridine rings is 1. The number of rotatable bonds is 8. The third kappa shape index (κ3) is 5.49. The first-order chi connectivity index (χ1) is 26.0. The van der Waals surface area contributed by atoms with Crippen molar-refractivity contribution < 1.29 is 29.0 Å². The van der Waals surface area contributed by atoms with Crippen LogP contribution in [0.2, 0.25) is 0 Å². The second-order valence-corrected chi connectivity index (χ2v) is 20.7. The second kappa shape index (κ2) is 13.2. The number of Topliss-reactive ketones (excluding diaryl/α,β-unsaturated/α-hetero) is 1. The summed E-state index contributed by atoms with van der Waals surface area (Å²) in [5.74, 6) is 0.377. The van der Waals surface area contributed by atoms with E-state index in [1.54, 1.807) is 37.9 Å². The highest BCUT2D eigenvalue weighted by atomic mass is 16.5. The molecular formula is C46H65N3O7. The molecule has 0 aromatic carbocycles. The molecule has 1 N–H and O–H groups in total. The van der Waals surface area contributed by atoms with Crippen LogP contribution in [0, 0.1) is 57.7 Å². The average Bonchev–Trinajstić information content (AvgIpc) is 3.54. The molecular weight excluding hydrogens is 707 g/mol. The Labute approximate surface area is 332 Å². The van der Waals surface area contributed by atoms with Gasteiger partial charge in [0.15, 0.2) is 5.78 Å². The monoisotopic (exact) mass is 771 g/mol. The maximum atomic E-state index is 14.4. The van der Waals surface area contributed by atoms with Gasteiger partial charge in [0.05, 0.1) is 36.5 Å². The van der Waals surface area contributed by atoms with E-state index >= 15 is 0 Å². The molecule has 2 heterocycles. The van der Waals surface area contributed by atoms with Crippen LogP contribution in [0.5, 0.6) is 5.88 Å². The number of allylic oxidation sites excluding steroid dienone is 2. The first kappa shape index (κ1) is 40.5. The summed E-state index contributed by atoms with van der Waals surface area (Å²) in [5, 5.41) is 9.65. The topological polar surface area (TPSA) is 130 Å². The molecule has 10 heteroatoms. The lowest BCUT2D eigenvalue weighted by Gasteiger charge is -2.72. The zero-order chi connectivity index (χ0) is 41.1. The van der Waals surface area contributed by atoms with Crippen molar-refractivity contribution in [3.63, 3.8) is 0 Å². The largest absolute Gasteiger partial charge is 0.481 e. The fraction of sp³-hybridized carbons (Fsp3) is 0.717. The van der Waals surface area contributed by atoms with Crippen LogP contribution in [0.1, 0.15) is 138 Å². The Morgan fingerprint density at radius 2 is 1.66 bits per heavy atom. The molecule has 306 valence electrons. The van der Waals surface area contributed by atoms with Gasteiger partial charge < -0.3 is 14.6 Å². The van der Waals surface area contributed by atoms with Gasteiger partial charge in [-0.3, -0.25) is 23.9 Å². The lowest BCUT2D eigenvalue weighted by molar-refractivity contribution is -0.232. The number of aromatic nitrogens is 3. The molecule has 8 atom stereocenters. The highest BCUT2D eigenvalue weighted by Crippen LogP contribution is 2.77. The Morgan fingerprint density at radius 1 is 0.964 bits per heavy atom. The summed E-state index contributed by atoms with van der Waals surface area (Å²) in [4.78, 5) is 58.0. The molecule has 0 aliphatic heterocycles. The Bertz CT molecular complexity index is 2050. The van der Waals surface area contributed by atoms with Gasteiger partial charge in [0.1, 0.15) is 6.10 Å². The number of esters is 1. The number of hydrogen-bond acceptors (Lipinski definition) is 7. The number of nitrogens with zero attached hydrogens (tertiary/aromatic N) is 3. The Hall–Kier alpha value is -3.69. The average molecular weight is 772 g/mol. The molecule has 4 saturated carbocycles. The SMILES string of the molecule is COc1ccc(-n2c(=O)c(C)c([C@@]34CC[C@]5(C)C(CC[C@H]6C5(C)CC[C@H]5C(C)(C)C(OC(=O)CC(C)(C)C(=O)O)CC[C@@]56C)C3=C(C(C)C)C(=O)C4)n2C)cn1. The van der Waals surface area contributed by atoms with Crippen LogP contribution in [0.4, 0.5) is 0 Å². The van der Waals surface area contributed by atoms with E-state index in [0.29, 0.717) is 35.4 Å². The summed E-state index contributed by atoms with van der Waals surface area (Å²) >= 11 is 0. The van der Waals surface area contributed by atoms with Crippen molar-refractivity contribution >= 4 is 17.7 Å². The zero-order valence-electron chi connectivity index (χ0n) is 35.9. The van der Waals surface area contributed by atoms with E-state index in [9.17, 15) is 24.3 Å². The number of hydrogen-bond donors (Lipinski definition) is 1. The predicted octanol–water partition coefficient (Wildman–Crippen LogP) is 8.53. The highest BCUT2D eigenvalue weighted by molar-refractivity contribution is 6.02. The number of ketones is 1. The minimum absolute atomic E-state index is 0.0147. The number of methoxy groups -OCH3 is 1. The minimum atomic E-state index is -1.18. The molecule has 0 amide bonds. The van der Waals surface area contributed by atoms with E-state index in [1.807, 2.05) is 24.7 Å². The molecule has 0 radical (unpaired) electrons. The van der Waals surface area contributed by atoms with Crippen LogP contribution < -0.4 is 10.3 Å². The molecule has 56 heavy (non-hydrogen) atoms. The predicted molar refractivity (Wildman–Crippen MR) is 215 cm³/mol. The molecule has 4 fully saturated rings. The summed E-state index contributed by atoms with van der Waals surface area (Å²) in [5.41, 5.74) is 2.53. The van der Waals surface area contributed by atoms with Crippen LogP contribution in [0.15, 0.2) is 34.3 Å². The van der Waals surface area contributed by atoms with Gasteiger partial charge >= 0.3 is 11.9 Å². The number of ether oxygens (including phenoxy) is 2. The van der Waals surface area contributed by atoms with Gasteiger partial charge in [-0.05, 0) is 129 Å². The van der Waals surface area contributed by atoms with Crippen molar-refractivity contribution in [1.29, 1.82) is 0 Å². The molecule has 0 saturated heterocycles. The van der Waals surface area contributed by atoms with Crippen LogP contribution >= 0.6 is 0 Å².